The first-order chi connectivity index (χ1) is 33.0. The molecule has 0 radical (unpaired) electrons. The molecule has 0 fully saturated rings. The van der Waals surface area contributed by atoms with Gasteiger partial charge in [-0.3, -0.25) is 14.1 Å². The molecule has 0 spiro atoms. The average Bonchev–Trinajstić information content (AvgIpc) is 3.50. The maximum atomic E-state index is 14.3. The summed E-state index contributed by atoms with van der Waals surface area (Å²) >= 11 is 0. The molecule has 2 heterocycles. The number of carbonyl (C=O) groups excluding carboxylic acids is 1. The summed E-state index contributed by atoms with van der Waals surface area (Å²) in [5.74, 6) is -2.69. The Morgan fingerprint density at radius 2 is 1.69 bits per heavy atom. The zero-order valence-electron chi connectivity index (χ0n) is 39.9. The van der Waals surface area contributed by atoms with Gasteiger partial charge in [0.1, 0.15) is 41.7 Å². The van der Waals surface area contributed by atoms with Crippen LogP contribution in [-0.4, -0.2) is 69.5 Å². The van der Waals surface area contributed by atoms with Crippen molar-refractivity contribution in [1.29, 1.82) is 0 Å². The summed E-state index contributed by atoms with van der Waals surface area (Å²) in [6, 6.07) is 15.2. The number of allylic oxidation sites excluding steroid dienone is 9. The van der Waals surface area contributed by atoms with E-state index in [4.69, 9.17) is 9.15 Å². The van der Waals surface area contributed by atoms with Crippen LogP contribution in [0.2, 0.25) is 0 Å². The third-order valence-corrected chi connectivity index (χ3v) is 14.4. The monoisotopic (exact) mass is 967 g/mol. The third-order valence-electron chi connectivity index (χ3n) is 13.6. The van der Waals surface area contributed by atoms with Gasteiger partial charge in [-0.1, -0.05) is 82.7 Å². The predicted molar refractivity (Wildman–Crippen MR) is 265 cm³/mol. The molecular formula is C55H55N2O12S+. The van der Waals surface area contributed by atoms with Gasteiger partial charge in [-0.05, 0) is 79.1 Å². The van der Waals surface area contributed by atoms with Crippen molar-refractivity contribution in [2.45, 2.75) is 77.7 Å². The largest absolute Gasteiger partial charge is 0.507 e. The first-order valence-corrected chi connectivity index (χ1v) is 24.5. The van der Waals surface area contributed by atoms with Gasteiger partial charge in [0.05, 0.1) is 28.1 Å². The van der Waals surface area contributed by atoms with Crippen LogP contribution < -0.4 is 10.7 Å². The number of aromatic carboxylic acids is 2. The molecule has 14 nitrogen and oxygen atoms in total. The Labute approximate surface area is 405 Å². The zero-order chi connectivity index (χ0) is 50.6. The maximum Gasteiger partial charge on any atom is 0.337 e. The van der Waals surface area contributed by atoms with Gasteiger partial charge in [0.15, 0.2) is 5.43 Å². The summed E-state index contributed by atoms with van der Waals surface area (Å²) in [6.45, 7) is 15.8. The number of aromatic hydroxyl groups is 1. The molecule has 3 atom stereocenters. The van der Waals surface area contributed by atoms with Gasteiger partial charge in [0.25, 0.3) is 10.1 Å². The maximum absolute atomic E-state index is 14.3. The lowest BCUT2D eigenvalue weighted by Gasteiger charge is -2.35. The average molecular weight is 968 g/mol. The molecule has 0 saturated carbocycles. The predicted octanol–water partition coefficient (Wildman–Crippen LogP) is 9.62. The molecule has 15 heteroatoms. The van der Waals surface area contributed by atoms with Crippen molar-refractivity contribution in [2.75, 3.05) is 13.1 Å². The third kappa shape index (κ3) is 9.14. The van der Waals surface area contributed by atoms with E-state index in [0.717, 1.165) is 35.9 Å². The Morgan fingerprint density at radius 1 is 0.943 bits per heavy atom. The number of fused-ring (bicyclic) bond motifs is 4. The summed E-state index contributed by atoms with van der Waals surface area (Å²) < 4.78 is 49.9. The van der Waals surface area contributed by atoms with Crippen LogP contribution in [0.4, 0.5) is 0 Å². The number of carbonyl (C=O) groups is 3. The number of carboxylic acids is 2. The summed E-state index contributed by atoms with van der Waals surface area (Å²) in [6.07, 6.45) is 14.5. The minimum Gasteiger partial charge on any atom is -0.507 e. The molecular weight excluding hydrogens is 913 g/mol. The van der Waals surface area contributed by atoms with Gasteiger partial charge in [0.2, 0.25) is 11.6 Å². The smallest absolute Gasteiger partial charge is 0.337 e. The van der Waals surface area contributed by atoms with Crippen molar-refractivity contribution in [3.63, 3.8) is 0 Å². The number of hydrogen-bond donors (Lipinski definition) is 5. The number of phenols is 1. The lowest BCUT2D eigenvalue weighted by atomic mass is 9.79. The van der Waals surface area contributed by atoms with Crippen LogP contribution in [0.5, 0.6) is 5.75 Å². The van der Waals surface area contributed by atoms with Crippen LogP contribution in [0.1, 0.15) is 98.2 Å². The highest BCUT2D eigenvalue weighted by atomic mass is 32.2. The van der Waals surface area contributed by atoms with E-state index >= 15 is 0 Å². The van der Waals surface area contributed by atoms with Crippen molar-refractivity contribution in [3.05, 3.63) is 164 Å². The second kappa shape index (κ2) is 18.5. The molecule has 1 amide bonds. The van der Waals surface area contributed by atoms with Crippen molar-refractivity contribution >= 4 is 44.6 Å². The number of phenolic OH excluding ortho intramolecular Hbond substituents is 1. The fraction of sp³-hybridized carbons (Fsp3) is 0.291. The van der Waals surface area contributed by atoms with Crippen LogP contribution in [-0.2, 0) is 31.6 Å². The van der Waals surface area contributed by atoms with Crippen molar-refractivity contribution < 1.29 is 56.4 Å². The fourth-order valence-corrected chi connectivity index (χ4v) is 10.5. The lowest BCUT2D eigenvalue weighted by Crippen LogP contribution is -2.29. The molecule has 5 aliphatic rings. The van der Waals surface area contributed by atoms with Crippen LogP contribution in [0.3, 0.4) is 0 Å². The van der Waals surface area contributed by atoms with E-state index in [2.05, 4.69) is 74.9 Å². The SMILES string of the molecule is CC[N+](CC)=C1C=CC2C(=C1)OC(C(C)(C)C)=CC2/C=C/C=C1/C(CC(=O)NCc2c(O)ccc3c(-c4cccc(C(=O)O)c4C(=O)O)c4ccc(=O)cc-4oc23)c2ccc(S(=O)(=O)O)cc2C1(C)C. The van der Waals surface area contributed by atoms with Gasteiger partial charge in [-0.2, -0.15) is 8.42 Å². The highest BCUT2D eigenvalue weighted by Crippen LogP contribution is 2.52. The van der Waals surface area contributed by atoms with Gasteiger partial charge >= 0.3 is 11.9 Å². The highest BCUT2D eigenvalue weighted by Gasteiger charge is 2.43. The Hall–Kier alpha value is -7.36. The van der Waals surface area contributed by atoms with Gasteiger partial charge < -0.3 is 29.8 Å². The summed E-state index contributed by atoms with van der Waals surface area (Å²) in [5.41, 5.74) is 1.43. The summed E-state index contributed by atoms with van der Waals surface area (Å²) in [4.78, 5) is 51.6. The molecule has 3 unspecified atom stereocenters. The number of hydrogen-bond acceptors (Lipinski definition) is 9. The van der Waals surface area contributed by atoms with Crippen LogP contribution in [0, 0.1) is 17.3 Å². The van der Waals surface area contributed by atoms with Crippen LogP contribution >= 0.6 is 0 Å². The Kier molecular flexibility index (Phi) is 13.0. The topological polar surface area (TPSA) is 221 Å². The quantitative estimate of drug-likeness (QED) is 0.0448. The fourth-order valence-electron chi connectivity index (χ4n) is 9.99. The normalized spacial score (nSPS) is 19.2. The second-order valence-electron chi connectivity index (χ2n) is 19.3. The zero-order valence-corrected chi connectivity index (χ0v) is 40.7. The van der Waals surface area contributed by atoms with Crippen molar-refractivity contribution in [3.8, 4) is 28.2 Å². The Morgan fingerprint density at radius 3 is 2.36 bits per heavy atom. The molecule has 3 aromatic carbocycles. The molecule has 5 N–H and O–H groups in total. The van der Waals surface area contributed by atoms with Crippen molar-refractivity contribution in [2.24, 2.45) is 17.3 Å². The first kappa shape index (κ1) is 49.1. The standard InChI is InChI=1S/C55H54N2O12S/c1-8-57(9-2)31-16-19-34-30(24-47(54(3,4)5)68-45(34)25-31)12-10-15-42-40(35-21-18-33(70(65,66)67)27-43(35)55(42,6)7)28-48(60)56-29-41-44(59)23-22-38-49(36-20-17-32(58)26-46(36)69-51(38)41)37-13-11-14-39(52(61)62)50(37)53(63)64/h10-27,30,34,40H,8-9,28-29H2,1-7H3,(H4-,56,58,59,60,61,62,63,64,65,66,67)/p+1/b12-10+,42-15-. The summed E-state index contributed by atoms with van der Waals surface area (Å²) in [5, 5.41) is 34.8. The van der Waals surface area contributed by atoms with E-state index in [0.29, 0.717) is 16.7 Å². The molecule has 70 heavy (non-hydrogen) atoms. The Balaban J connectivity index is 1.17. The van der Waals surface area contributed by atoms with Crippen molar-refractivity contribution in [1.82, 2.24) is 5.32 Å². The molecule has 3 aliphatic carbocycles. The van der Waals surface area contributed by atoms with E-state index in [-0.39, 0.29) is 74.3 Å². The van der Waals surface area contributed by atoms with Gasteiger partial charge in [0, 0.05) is 69.7 Å². The number of rotatable bonds is 12. The van der Waals surface area contributed by atoms with E-state index < -0.39 is 55.9 Å². The molecule has 0 saturated heterocycles. The Bertz CT molecular complexity index is 3350. The molecule has 8 rings (SSSR count). The number of nitrogens with one attached hydrogen (secondary N) is 1. The second-order valence-corrected chi connectivity index (χ2v) is 20.7. The van der Waals surface area contributed by atoms with Gasteiger partial charge in [-0.25, -0.2) is 14.2 Å². The molecule has 0 bridgehead atoms. The lowest BCUT2D eigenvalue weighted by molar-refractivity contribution is -0.519. The van der Waals surface area contributed by atoms with Gasteiger partial charge in [-0.15, -0.1) is 0 Å². The number of ether oxygens (including phenoxy) is 1. The first-order valence-electron chi connectivity index (χ1n) is 23.0. The van der Waals surface area contributed by atoms with E-state index in [1.54, 1.807) is 6.07 Å². The van der Waals surface area contributed by atoms with Crippen LogP contribution in [0.25, 0.3) is 33.4 Å². The highest BCUT2D eigenvalue weighted by molar-refractivity contribution is 7.85. The van der Waals surface area contributed by atoms with E-state index in [9.17, 15) is 47.5 Å². The number of carboxylic acid groups (broad SMARTS) is 2. The minimum atomic E-state index is -4.57. The van der Waals surface area contributed by atoms with Crippen LogP contribution in [0.15, 0.2) is 140 Å². The number of nitrogens with zero attached hydrogens (tertiary/aromatic N) is 1. The van der Waals surface area contributed by atoms with E-state index in [1.807, 2.05) is 26.0 Å². The molecule has 0 aromatic heterocycles. The van der Waals surface area contributed by atoms with E-state index in [1.165, 1.54) is 60.7 Å². The summed E-state index contributed by atoms with van der Waals surface area (Å²) in [7, 11) is -4.57. The minimum absolute atomic E-state index is 0.0195. The molecule has 362 valence electrons. The molecule has 2 aliphatic heterocycles. The number of amides is 1. The molecule has 3 aromatic rings. The number of benzene rings is 4.